The summed E-state index contributed by atoms with van der Waals surface area (Å²) in [5, 5.41) is 14.6. The standard InChI is InChI=1S/C11H16N2O5/c14-11(10-5-9(7-17-15)18-13-10)12-6-8-1-3-16-4-2-8/h5,8,15H,1-4,6-7H2,(H,12,14). The summed E-state index contributed by atoms with van der Waals surface area (Å²) in [6.07, 6.45) is 1.92. The third-order valence-electron chi connectivity index (χ3n) is 2.89. The van der Waals surface area contributed by atoms with Gasteiger partial charge in [0, 0.05) is 25.8 Å². The van der Waals surface area contributed by atoms with E-state index < -0.39 is 0 Å². The zero-order valence-electron chi connectivity index (χ0n) is 9.92. The Morgan fingerprint density at radius 3 is 3.06 bits per heavy atom. The number of rotatable bonds is 5. The number of hydrogen-bond donors (Lipinski definition) is 2. The molecule has 0 spiro atoms. The van der Waals surface area contributed by atoms with Gasteiger partial charge in [0.15, 0.2) is 11.5 Å². The lowest BCUT2D eigenvalue weighted by atomic mass is 10.0. The van der Waals surface area contributed by atoms with Crippen molar-refractivity contribution in [1.82, 2.24) is 10.5 Å². The largest absolute Gasteiger partial charge is 0.381 e. The van der Waals surface area contributed by atoms with Gasteiger partial charge < -0.3 is 14.6 Å². The Bertz CT molecular complexity index is 387. The predicted octanol–water partition coefficient (Wildman–Crippen LogP) is 0.821. The number of aromatic nitrogens is 1. The lowest BCUT2D eigenvalue weighted by Crippen LogP contribution is -2.32. The highest BCUT2D eigenvalue weighted by atomic mass is 17.1. The minimum Gasteiger partial charge on any atom is -0.381 e. The predicted molar refractivity (Wildman–Crippen MR) is 59.8 cm³/mol. The molecular weight excluding hydrogens is 240 g/mol. The number of ether oxygens (including phenoxy) is 1. The van der Waals surface area contributed by atoms with Gasteiger partial charge in [-0.3, -0.25) is 10.1 Å². The molecule has 2 rings (SSSR count). The summed E-state index contributed by atoms with van der Waals surface area (Å²) in [4.78, 5) is 15.6. The number of carbonyl (C=O) groups is 1. The van der Waals surface area contributed by atoms with Crippen LogP contribution in [0.4, 0.5) is 0 Å². The van der Waals surface area contributed by atoms with Crippen molar-refractivity contribution in [2.45, 2.75) is 19.4 Å². The summed E-state index contributed by atoms with van der Waals surface area (Å²) in [5.74, 6) is 0.470. The quantitative estimate of drug-likeness (QED) is 0.598. The number of carbonyl (C=O) groups excluding carboxylic acids is 1. The smallest absolute Gasteiger partial charge is 0.273 e. The molecular formula is C11H16N2O5. The number of hydrogen-bond acceptors (Lipinski definition) is 6. The summed E-state index contributed by atoms with van der Waals surface area (Å²) in [7, 11) is 0. The summed E-state index contributed by atoms with van der Waals surface area (Å²) in [6, 6.07) is 1.44. The van der Waals surface area contributed by atoms with Crippen molar-refractivity contribution in [3.8, 4) is 0 Å². The molecule has 100 valence electrons. The molecule has 1 aliphatic heterocycles. The van der Waals surface area contributed by atoms with Gasteiger partial charge in [-0.1, -0.05) is 5.16 Å². The SMILES string of the molecule is O=C(NCC1CCOCC1)c1cc(COO)on1. The van der Waals surface area contributed by atoms with E-state index in [9.17, 15) is 4.79 Å². The number of nitrogens with one attached hydrogen (secondary N) is 1. The van der Waals surface area contributed by atoms with Crippen molar-refractivity contribution in [2.24, 2.45) is 5.92 Å². The number of amides is 1. The van der Waals surface area contributed by atoms with Gasteiger partial charge in [0.1, 0.15) is 6.61 Å². The summed E-state index contributed by atoms with van der Waals surface area (Å²) >= 11 is 0. The van der Waals surface area contributed by atoms with E-state index in [-0.39, 0.29) is 18.2 Å². The maximum Gasteiger partial charge on any atom is 0.273 e. The first-order valence-corrected chi connectivity index (χ1v) is 5.87. The molecule has 1 aromatic heterocycles. The lowest BCUT2D eigenvalue weighted by molar-refractivity contribution is -0.256. The van der Waals surface area contributed by atoms with Crippen LogP contribution < -0.4 is 5.32 Å². The van der Waals surface area contributed by atoms with Crippen LogP contribution in [0.25, 0.3) is 0 Å². The minimum absolute atomic E-state index is 0.125. The van der Waals surface area contributed by atoms with Crippen molar-refractivity contribution in [1.29, 1.82) is 0 Å². The van der Waals surface area contributed by atoms with Crippen molar-refractivity contribution < 1.29 is 24.2 Å². The first-order chi connectivity index (χ1) is 8.79. The third-order valence-corrected chi connectivity index (χ3v) is 2.89. The topological polar surface area (TPSA) is 93.8 Å². The lowest BCUT2D eigenvalue weighted by Gasteiger charge is -2.21. The average Bonchev–Trinajstić information content (AvgIpc) is 2.86. The highest BCUT2D eigenvalue weighted by Gasteiger charge is 2.17. The van der Waals surface area contributed by atoms with Crippen molar-refractivity contribution in [3.05, 3.63) is 17.5 Å². The summed E-state index contributed by atoms with van der Waals surface area (Å²) < 4.78 is 10.0. The first-order valence-electron chi connectivity index (χ1n) is 5.87. The van der Waals surface area contributed by atoms with E-state index in [0.717, 1.165) is 26.1 Å². The van der Waals surface area contributed by atoms with Crippen LogP contribution in [0.2, 0.25) is 0 Å². The van der Waals surface area contributed by atoms with E-state index in [2.05, 4.69) is 15.4 Å². The fraction of sp³-hybridized carbons (Fsp3) is 0.636. The van der Waals surface area contributed by atoms with Gasteiger partial charge in [-0.2, -0.15) is 0 Å². The normalized spacial score (nSPS) is 16.7. The molecule has 0 bridgehead atoms. The molecule has 1 saturated heterocycles. The fourth-order valence-electron chi connectivity index (χ4n) is 1.83. The molecule has 0 aromatic carbocycles. The molecule has 18 heavy (non-hydrogen) atoms. The van der Waals surface area contributed by atoms with Gasteiger partial charge in [-0.05, 0) is 18.8 Å². The first kappa shape index (κ1) is 13.0. The highest BCUT2D eigenvalue weighted by molar-refractivity contribution is 5.92. The van der Waals surface area contributed by atoms with Gasteiger partial charge in [0.05, 0.1) is 0 Å². The summed E-state index contributed by atoms with van der Waals surface area (Å²) in [5.41, 5.74) is 0.189. The summed E-state index contributed by atoms with van der Waals surface area (Å²) in [6.45, 7) is 1.99. The molecule has 0 saturated carbocycles. The molecule has 1 fully saturated rings. The second-order valence-corrected chi connectivity index (χ2v) is 4.22. The van der Waals surface area contributed by atoms with Gasteiger partial charge in [0.25, 0.3) is 5.91 Å². The van der Waals surface area contributed by atoms with Crippen molar-refractivity contribution in [3.63, 3.8) is 0 Å². The molecule has 1 amide bonds. The van der Waals surface area contributed by atoms with Crippen LogP contribution in [0.1, 0.15) is 29.1 Å². The maximum atomic E-state index is 11.7. The van der Waals surface area contributed by atoms with E-state index in [1.807, 2.05) is 0 Å². The molecule has 2 heterocycles. The second-order valence-electron chi connectivity index (χ2n) is 4.22. The Morgan fingerprint density at radius 2 is 2.33 bits per heavy atom. The van der Waals surface area contributed by atoms with Crippen molar-refractivity contribution >= 4 is 5.91 Å². The molecule has 0 unspecified atom stereocenters. The van der Waals surface area contributed by atoms with Crippen LogP contribution in [0.15, 0.2) is 10.6 Å². The molecule has 1 aromatic rings. The second kappa shape index (κ2) is 6.48. The molecule has 0 aliphatic carbocycles. The van der Waals surface area contributed by atoms with Crippen LogP contribution >= 0.6 is 0 Å². The van der Waals surface area contributed by atoms with Gasteiger partial charge in [0.2, 0.25) is 0 Å². The van der Waals surface area contributed by atoms with Crippen LogP contribution in [-0.4, -0.2) is 36.1 Å². The van der Waals surface area contributed by atoms with E-state index in [1.54, 1.807) is 0 Å². The van der Waals surface area contributed by atoms with Crippen molar-refractivity contribution in [2.75, 3.05) is 19.8 Å². The average molecular weight is 256 g/mol. The Morgan fingerprint density at radius 1 is 1.56 bits per heavy atom. The van der Waals surface area contributed by atoms with Gasteiger partial charge in [-0.25, -0.2) is 4.89 Å². The molecule has 2 N–H and O–H groups in total. The molecule has 7 nitrogen and oxygen atoms in total. The number of nitrogens with zero attached hydrogens (tertiary/aromatic N) is 1. The molecule has 0 atom stereocenters. The molecule has 7 heteroatoms. The van der Waals surface area contributed by atoms with Crippen LogP contribution in [-0.2, 0) is 16.2 Å². The highest BCUT2D eigenvalue weighted by Crippen LogP contribution is 2.13. The van der Waals surface area contributed by atoms with Gasteiger partial charge in [-0.15, -0.1) is 0 Å². The zero-order chi connectivity index (χ0) is 12.8. The maximum absolute atomic E-state index is 11.7. The van der Waals surface area contributed by atoms with Crippen LogP contribution in [0, 0.1) is 5.92 Å². The Labute approximate surface area is 104 Å². The minimum atomic E-state index is -0.283. The monoisotopic (exact) mass is 256 g/mol. The van der Waals surface area contributed by atoms with Gasteiger partial charge >= 0.3 is 0 Å². The molecule has 1 aliphatic rings. The zero-order valence-corrected chi connectivity index (χ0v) is 9.92. The van der Waals surface area contributed by atoms with Crippen LogP contribution in [0.3, 0.4) is 0 Å². The third kappa shape index (κ3) is 3.52. The molecule has 0 radical (unpaired) electrons. The van der Waals surface area contributed by atoms with E-state index in [0.29, 0.717) is 18.2 Å². The van der Waals surface area contributed by atoms with Crippen LogP contribution in [0.5, 0.6) is 0 Å². The Balaban J connectivity index is 1.79. The Kier molecular flexibility index (Phi) is 4.68. The van der Waals surface area contributed by atoms with E-state index >= 15 is 0 Å². The fourth-order valence-corrected chi connectivity index (χ4v) is 1.83. The Hall–Kier alpha value is -1.44. The van der Waals surface area contributed by atoms with E-state index in [1.165, 1.54) is 6.07 Å². The van der Waals surface area contributed by atoms with E-state index in [4.69, 9.17) is 14.5 Å².